The predicted molar refractivity (Wildman–Crippen MR) is 178 cm³/mol. The minimum Gasteiger partial charge on any atom is -0.442 e. The summed E-state index contributed by atoms with van der Waals surface area (Å²) in [6, 6.07) is 7.72. The maximum absolute atomic E-state index is 13.2. The summed E-state index contributed by atoms with van der Waals surface area (Å²) in [5.74, 6) is -0.747. The highest BCUT2D eigenvalue weighted by molar-refractivity contribution is 5.85. The van der Waals surface area contributed by atoms with Crippen molar-refractivity contribution in [3.8, 4) is 0 Å². The molecule has 4 rings (SSSR count). The maximum Gasteiger partial charge on any atom is 0.412 e. The number of fused-ring (bicyclic) bond motifs is 1. The number of ether oxygens (including phenoxy) is 5. The Balaban J connectivity index is 0.00000529. The van der Waals surface area contributed by atoms with Gasteiger partial charge in [0.15, 0.2) is 12.1 Å². The minimum atomic E-state index is -0.747. The zero-order valence-corrected chi connectivity index (χ0v) is 28.5. The fourth-order valence-electron chi connectivity index (χ4n) is 6.51. The molecule has 5 atom stereocenters. The van der Waals surface area contributed by atoms with E-state index in [0.717, 1.165) is 44.3 Å². The van der Waals surface area contributed by atoms with Crippen molar-refractivity contribution in [3.05, 3.63) is 29.8 Å². The van der Waals surface area contributed by atoms with Gasteiger partial charge in [0, 0.05) is 18.8 Å². The molecule has 1 aromatic carbocycles. The van der Waals surface area contributed by atoms with Crippen LogP contribution in [0.15, 0.2) is 24.3 Å². The van der Waals surface area contributed by atoms with E-state index in [1.807, 2.05) is 45.0 Å². The SMILES string of the molecule is CCCCCCCCCCCCO[C@@H]1[C@H]2OC(C)(C)O[C@H]2O[C@@H]1C(CN1CCCCCC1)OC(=O)Nc1ccc(C)cc1.Cl. The number of unbranched alkanes of at least 4 members (excludes halogenated alkanes) is 9. The lowest BCUT2D eigenvalue weighted by Crippen LogP contribution is -2.50. The largest absolute Gasteiger partial charge is 0.442 e. The molecule has 3 aliphatic heterocycles. The highest BCUT2D eigenvalue weighted by atomic mass is 35.5. The Labute approximate surface area is 272 Å². The monoisotopic (exact) mass is 638 g/mol. The molecule has 252 valence electrons. The van der Waals surface area contributed by atoms with E-state index in [2.05, 4.69) is 17.1 Å². The minimum absolute atomic E-state index is 0. The topological polar surface area (TPSA) is 78.5 Å². The van der Waals surface area contributed by atoms with E-state index in [0.29, 0.717) is 18.8 Å². The van der Waals surface area contributed by atoms with Crippen LogP contribution in [0.3, 0.4) is 0 Å². The number of carbonyl (C=O) groups is 1. The van der Waals surface area contributed by atoms with Crippen molar-refractivity contribution in [2.45, 2.75) is 154 Å². The van der Waals surface area contributed by atoms with Gasteiger partial charge in [0.25, 0.3) is 0 Å². The van der Waals surface area contributed by atoms with Crippen LogP contribution < -0.4 is 5.32 Å². The van der Waals surface area contributed by atoms with E-state index in [-0.39, 0.29) is 24.6 Å². The number of anilines is 1. The molecular weight excluding hydrogens is 580 g/mol. The molecule has 0 spiro atoms. The zero-order chi connectivity index (χ0) is 30.5. The summed E-state index contributed by atoms with van der Waals surface area (Å²) in [4.78, 5) is 15.6. The van der Waals surface area contributed by atoms with Gasteiger partial charge in [-0.25, -0.2) is 4.79 Å². The Kier molecular flexibility index (Phi) is 16.2. The van der Waals surface area contributed by atoms with Gasteiger partial charge in [0.2, 0.25) is 0 Å². The number of amides is 1. The number of hydrogen-bond acceptors (Lipinski definition) is 7. The van der Waals surface area contributed by atoms with Crippen LogP contribution in [0.4, 0.5) is 10.5 Å². The molecule has 0 aromatic heterocycles. The van der Waals surface area contributed by atoms with E-state index in [1.54, 1.807) is 0 Å². The van der Waals surface area contributed by atoms with E-state index >= 15 is 0 Å². The fourth-order valence-corrected chi connectivity index (χ4v) is 6.51. The van der Waals surface area contributed by atoms with Gasteiger partial charge in [-0.1, -0.05) is 95.2 Å². The van der Waals surface area contributed by atoms with Gasteiger partial charge in [-0.2, -0.15) is 0 Å². The molecule has 3 fully saturated rings. The van der Waals surface area contributed by atoms with E-state index in [4.69, 9.17) is 23.7 Å². The van der Waals surface area contributed by atoms with Crippen LogP contribution in [-0.4, -0.2) is 73.7 Å². The standard InChI is InChI=1S/C35H58N2O6.ClH/c1-5-6-7-8-9-10-11-12-15-18-25-39-31-30(41-33-32(31)42-35(3,4)43-33)29(26-37-23-16-13-14-17-24-37)40-34(38)36-28-21-19-27(2)20-22-28;/h19-22,29-33H,5-18,23-26H2,1-4H3,(H,36,38);1H/t29?,30-,31+,32-,33-;/m1./s1. The Hall–Kier alpha value is -1.42. The third-order valence-corrected chi connectivity index (χ3v) is 8.89. The molecule has 3 aliphatic rings. The number of benzene rings is 1. The molecular formula is C35H59ClN2O6. The number of likely N-dealkylation sites (tertiary alicyclic amines) is 1. The average Bonchev–Trinajstić information content (AvgIpc) is 3.30. The third kappa shape index (κ3) is 12.1. The average molecular weight is 639 g/mol. The number of carbonyl (C=O) groups excluding carboxylic acids is 1. The first-order valence-corrected chi connectivity index (χ1v) is 17.2. The number of nitrogens with one attached hydrogen (secondary N) is 1. The highest BCUT2D eigenvalue weighted by Crippen LogP contribution is 2.40. The van der Waals surface area contributed by atoms with E-state index in [1.165, 1.54) is 64.2 Å². The van der Waals surface area contributed by atoms with Gasteiger partial charge in [0.05, 0.1) is 0 Å². The quantitative estimate of drug-likeness (QED) is 0.172. The Bertz CT molecular complexity index is 940. The summed E-state index contributed by atoms with van der Waals surface area (Å²) < 4.78 is 31.6. The summed E-state index contributed by atoms with van der Waals surface area (Å²) in [6.07, 6.45) is 14.7. The van der Waals surface area contributed by atoms with Gasteiger partial charge in [0.1, 0.15) is 24.4 Å². The summed E-state index contributed by atoms with van der Waals surface area (Å²) in [6.45, 7) is 11.3. The molecule has 1 unspecified atom stereocenters. The van der Waals surface area contributed by atoms with Crippen molar-refractivity contribution < 1.29 is 28.5 Å². The lowest BCUT2D eigenvalue weighted by atomic mass is 10.0. The number of aryl methyl sites for hydroxylation is 1. The fraction of sp³-hybridized carbons (Fsp3) is 0.800. The second-order valence-corrected chi connectivity index (χ2v) is 13.2. The summed E-state index contributed by atoms with van der Waals surface area (Å²) >= 11 is 0. The number of hydrogen-bond donors (Lipinski definition) is 1. The second kappa shape index (κ2) is 19.3. The van der Waals surface area contributed by atoms with Gasteiger partial charge >= 0.3 is 6.09 Å². The van der Waals surface area contributed by atoms with Gasteiger partial charge in [-0.3, -0.25) is 10.2 Å². The van der Waals surface area contributed by atoms with Crippen LogP contribution in [0.5, 0.6) is 0 Å². The normalized spacial score (nSPS) is 25.5. The van der Waals surface area contributed by atoms with E-state index < -0.39 is 30.4 Å². The Morgan fingerprint density at radius 3 is 2.18 bits per heavy atom. The molecule has 44 heavy (non-hydrogen) atoms. The smallest absolute Gasteiger partial charge is 0.412 e. The van der Waals surface area contributed by atoms with Crippen LogP contribution in [0.25, 0.3) is 0 Å². The number of halogens is 1. The van der Waals surface area contributed by atoms with Gasteiger partial charge in [-0.15, -0.1) is 12.4 Å². The lowest BCUT2D eigenvalue weighted by Gasteiger charge is -2.33. The first kappa shape index (κ1) is 37.0. The van der Waals surface area contributed by atoms with Gasteiger partial charge in [-0.05, 0) is 65.3 Å². The van der Waals surface area contributed by atoms with Crippen molar-refractivity contribution in [2.24, 2.45) is 0 Å². The first-order valence-electron chi connectivity index (χ1n) is 17.2. The van der Waals surface area contributed by atoms with Crippen LogP contribution in [-0.2, 0) is 23.7 Å². The number of nitrogens with zero attached hydrogens (tertiary/aromatic N) is 1. The zero-order valence-electron chi connectivity index (χ0n) is 27.7. The van der Waals surface area contributed by atoms with E-state index in [9.17, 15) is 4.79 Å². The second-order valence-electron chi connectivity index (χ2n) is 13.2. The van der Waals surface area contributed by atoms with Crippen molar-refractivity contribution in [1.29, 1.82) is 0 Å². The molecule has 3 saturated heterocycles. The molecule has 0 aliphatic carbocycles. The highest BCUT2D eigenvalue weighted by Gasteiger charge is 2.58. The number of rotatable bonds is 17. The third-order valence-electron chi connectivity index (χ3n) is 8.89. The van der Waals surface area contributed by atoms with Crippen LogP contribution >= 0.6 is 12.4 Å². The molecule has 1 N–H and O–H groups in total. The summed E-state index contributed by atoms with van der Waals surface area (Å²) in [5.41, 5.74) is 1.84. The molecule has 1 aromatic rings. The van der Waals surface area contributed by atoms with Crippen LogP contribution in [0, 0.1) is 6.92 Å². The first-order chi connectivity index (χ1) is 20.8. The Morgan fingerprint density at radius 2 is 1.55 bits per heavy atom. The summed E-state index contributed by atoms with van der Waals surface area (Å²) in [7, 11) is 0. The molecule has 0 radical (unpaired) electrons. The van der Waals surface area contributed by atoms with Crippen molar-refractivity contribution in [1.82, 2.24) is 4.90 Å². The van der Waals surface area contributed by atoms with Crippen molar-refractivity contribution in [3.63, 3.8) is 0 Å². The lowest BCUT2D eigenvalue weighted by molar-refractivity contribution is -0.230. The van der Waals surface area contributed by atoms with Crippen LogP contribution in [0.2, 0.25) is 0 Å². The Morgan fingerprint density at radius 1 is 0.932 bits per heavy atom. The molecule has 9 heteroatoms. The van der Waals surface area contributed by atoms with Crippen molar-refractivity contribution in [2.75, 3.05) is 31.6 Å². The maximum atomic E-state index is 13.2. The van der Waals surface area contributed by atoms with Gasteiger partial charge < -0.3 is 23.7 Å². The molecule has 1 amide bonds. The molecule has 8 nitrogen and oxygen atoms in total. The molecule has 0 bridgehead atoms. The molecule has 3 heterocycles. The van der Waals surface area contributed by atoms with Crippen LogP contribution in [0.1, 0.15) is 116 Å². The summed E-state index contributed by atoms with van der Waals surface area (Å²) in [5, 5.41) is 2.90. The molecule has 0 saturated carbocycles. The predicted octanol–water partition coefficient (Wildman–Crippen LogP) is 8.39. The van der Waals surface area contributed by atoms with Crippen molar-refractivity contribution >= 4 is 24.2 Å².